The number of halogens is 1. The van der Waals surface area contributed by atoms with Gasteiger partial charge < -0.3 is 4.90 Å². The van der Waals surface area contributed by atoms with E-state index in [2.05, 4.69) is 37.3 Å². The SMILES string of the molecule is Brc1cnc2sccc2c1N1CCCCC1. The third kappa shape index (κ3) is 1.74. The molecule has 2 aromatic rings. The molecule has 4 heteroatoms. The van der Waals surface area contributed by atoms with E-state index in [0.717, 1.165) is 9.30 Å². The van der Waals surface area contributed by atoms with Crippen LogP contribution in [0.5, 0.6) is 0 Å². The van der Waals surface area contributed by atoms with Crippen molar-refractivity contribution in [3.8, 4) is 0 Å². The summed E-state index contributed by atoms with van der Waals surface area (Å²) >= 11 is 5.35. The summed E-state index contributed by atoms with van der Waals surface area (Å²) < 4.78 is 1.13. The number of fused-ring (bicyclic) bond motifs is 1. The number of hydrogen-bond acceptors (Lipinski definition) is 3. The Morgan fingerprint density at radius 3 is 2.88 bits per heavy atom. The van der Waals surface area contributed by atoms with Crippen LogP contribution in [0.2, 0.25) is 0 Å². The van der Waals surface area contributed by atoms with E-state index < -0.39 is 0 Å². The average Bonchev–Trinajstić information content (AvgIpc) is 2.78. The van der Waals surface area contributed by atoms with Crippen LogP contribution in [0.1, 0.15) is 19.3 Å². The van der Waals surface area contributed by atoms with E-state index in [1.54, 1.807) is 11.3 Å². The molecule has 3 rings (SSSR count). The number of anilines is 1. The van der Waals surface area contributed by atoms with Crippen LogP contribution in [-0.2, 0) is 0 Å². The number of aromatic nitrogens is 1. The van der Waals surface area contributed by atoms with Crippen molar-refractivity contribution < 1.29 is 0 Å². The molecule has 0 N–H and O–H groups in total. The van der Waals surface area contributed by atoms with Crippen LogP contribution in [0.3, 0.4) is 0 Å². The van der Waals surface area contributed by atoms with Gasteiger partial charge in [-0.1, -0.05) is 0 Å². The summed E-state index contributed by atoms with van der Waals surface area (Å²) in [7, 11) is 0. The maximum atomic E-state index is 4.44. The van der Waals surface area contributed by atoms with E-state index in [0.29, 0.717) is 0 Å². The van der Waals surface area contributed by atoms with Gasteiger partial charge in [0.1, 0.15) is 4.83 Å². The van der Waals surface area contributed by atoms with E-state index in [4.69, 9.17) is 0 Å². The number of rotatable bonds is 1. The Labute approximate surface area is 107 Å². The molecule has 0 radical (unpaired) electrons. The zero-order chi connectivity index (χ0) is 11.0. The lowest BCUT2D eigenvalue weighted by atomic mass is 10.1. The minimum Gasteiger partial charge on any atom is -0.370 e. The first-order valence-corrected chi connectivity index (χ1v) is 7.30. The smallest absolute Gasteiger partial charge is 0.125 e. The summed E-state index contributed by atoms with van der Waals surface area (Å²) in [6.07, 6.45) is 5.91. The quantitative estimate of drug-likeness (QED) is 0.789. The molecule has 1 aliphatic rings. The van der Waals surface area contributed by atoms with Crippen LogP contribution in [0.15, 0.2) is 22.1 Å². The van der Waals surface area contributed by atoms with E-state index in [9.17, 15) is 0 Å². The Hall–Kier alpha value is -0.610. The number of thiophene rings is 1. The fourth-order valence-electron chi connectivity index (χ4n) is 2.33. The zero-order valence-corrected chi connectivity index (χ0v) is 11.4. The van der Waals surface area contributed by atoms with Crippen LogP contribution in [-0.4, -0.2) is 18.1 Å². The lowest BCUT2D eigenvalue weighted by Crippen LogP contribution is -2.29. The average molecular weight is 297 g/mol. The maximum absolute atomic E-state index is 4.44. The highest BCUT2D eigenvalue weighted by Gasteiger charge is 2.17. The summed E-state index contributed by atoms with van der Waals surface area (Å²) in [5.41, 5.74) is 1.34. The van der Waals surface area contributed by atoms with E-state index >= 15 is 0 Å². The number of pyridine rings is 1. The van der Waals surface area contributed by atoms with Crippen molar-refractivity contribution in [3.63, 3.8) is 0 Å². The Bertz CT molecular complexity index is 503. The van der Waals surface area contributed by atoms with Gasteiger partial charge in [0, 0.05) is 24.7 Å². The minimum absolute atomic E-state index is 1.13. The second-order valence-corrected chi connectivity index (χ2v) is 5.89. The molecule has 0 spiro atoms. The highest BCUT2D eigenvalue weighted by atomic mass is 79.9. The molecule has 0 bridgehead atoms. The van der Waals surface area contributed by atoms with Crippen LogP contribution in [0, 0.1) is 0 Å². The molecule has 0 amide bonds. The first kappa shape index (κ1) is 10.5. The van der Waals surface area contributed by atoms with Gasteiger partial charge in [0.2, 0.25) is 0 Å². The number of hydrogen-bond donors (Lipinski definition) is 0. The molecule has 1 fully saturated rings. The lowest BCUT2D eigenvalue weighted by Gasteiger charge is -2.30. The largest absolute Gasteiger partial charge is 0.370 e. The monoisotopic (exact) mass is 296 g/mol. The Balaban J connectivity index is 2.12. The molecule has 84 valence electrons. The van der Waals surface area contributed by atoms with Gasteiger partial charge in [-0.3, -0.25) is 0 Å². The molecule has 16 heavy (non-hydrogen) atoms. The van der Waals surface area contributed by atoms with Crippen molar-refractivity contribution in [3.05, 3.63) is 22.1 Å². The topological polar surface area (TPSA) is 16.1 Å². The Morgan fingerprint density at radius 1 is 1.25 bits per heavy atom. The van der Waals surface area contributed by atoms with Crippen molar-refractivity contribution in [1.82, 2.24) is 4.98 Å². The molecule has 0 unspecified atom stereocenters. The van der Waals surface area contributed by atoms with Gasteiger partial charge in [0.25, 0.3) is 0 Å². The predicted octanol–water partition coefficient (Wildman–Crippen LogP) is 4.05. The summed E-state index contributed by atoms with van der Waals surface area (Å²) in [5.74, 6) is 0. The molecule has 0 aliphatic carbocycles. The predicted molar refractivity (Wildman–Crippen MR) is 73.4 cm³/mol. The normalized spacial score (nSPS) is 16.9. The van der Waals surface area contributed by atoms with Gasteiger partial charge in [-0.15, -0.1) is 11.3 Å². The lowest BCUT2D eigenvalue weighted by molar-refractivity contribution is 0.578. The van der Waals surface area contributed by atoms with Gasteiger partial charge in [-0.25, -0.2) is 4.98 Å². The second-order valence-electron chi connectivity index (χ2n) is 4.14. The maximum Gasteiger partial charge on any atom is 0.125 e. The van der Waals surface area contributed by atoms with Gasteiger partial charge in [-0.05, 0) is 46.6 Å². The van der Waals surface area contributed by atoms with E-state index in [1.165, 1.54) is 43.4 Å². The summed E-state index contributed by atoms with van der Waals surface area (Å²) in [6, 6.07) is 2.18. The van der Waals surface area contributed by atoms with Crippen LogP contribution < -0.4 is 4.90 Å². The molecular weight excluding hydrogens is 284 g/mol. The molecule has 1 aliphatic heterocycles. The van der Waals surface area contributed by atoms with Crippen molar-refractivity contribution in [2.45, 2.75) is 19.3 Å². The zero-order valence-electron chi connectivity index (χ0n) is 8.95. The minimum atomic E-state index is 1.13. The van der Waals surface area contributed by atoms with E-state index in [-0.39, 0.29) is 0 Å². The first-order valence-electron chi connectivity index (χ1n) is 5.63. The standard InChI is InChI=1S/C12H13BrN2S/c13-10-8-14-12-9(4-7-16-12)11(10)15-5-2-1-3-6-15/h4,7-8H,1-3,5-6H2. The molecular formula is C12H13BrN2S. The fourth-order valence-corrected chi connectivity index (χ4v) is 3.63. The van der Waals surface area contributed by atoms with E-state index in [1.807, 2.05) is 6.20 Å². The summed E-state index contributed by atoms with van der Waals surface area (Å²) in [6.45, 7) is 2.35. The molecule has 2 nitrogen and oxygen atoms in total. The summed E-state index contributed by atoms with van der Waals surface area (Å²) in [4.78, 5) is 8.07. The van der Waals surface area contributed by atoms with Crippen LogP contribution in [0.4, 0.5) is 5.69 Å². The Morgan fingerprint density at radius 2 is 2.06 bits per heavy atom. The number of piperidine rings is 1. The van der Waals surface area contributed by atoms with Crippen molar-refractivity contribution in [2.75, 3.05) is 18.0 Å². The van der Waals surface area contributed by atoms with Gasteiger partial charge in [0.05, 0.1) is 10.2 Å². The molecule has 0 aromatic carbocycles. The first-order chi connectivity index (χ1) is 7.86. The second kappa shape index (κ2) is 4.34. The third-order valence-corrected chi connectivity index (χ3v) is 4.49. The highest BCUT2D eigenvalue weighted by Crippen LogP contribution is 2.36. The number of nitrogens with zero attached hydrogens (tertiary/aromatic N) is 2. The van der Waals surface area contributed by atoms with Gasteiger partial charge in [0.15, 0.2) is 0 Å². The third-order valence-electron chi connectivity index (χ3n) is 3.09. The molecule has 0 saturated carbocycles. The molecule has 2 aromatic heterocycles. The van der Waals surface area contributed by atoms with Gasteiger partial charge in [-0.2, -0.15) is 0 Å². The highest BCUT2D eigenvalue weighted by molar-refractivity contribution is 9.10. The molecule has 0 atom stereocenters. The fraction of sp³-hybridized carbons (Fsp3) is 0.417. The van der Waals surface area contributed by atoms with Crippen molar-refractivity contribution in [1.29, 1.82) is 0 Å². The van der Waals surface area contributed by atoms with Crippen molar-refractivity contribution in [2.24, 2.45) is 0 Å². The van der Waals surface area contributed by atoms with Crippen LogP contribution in [0.25, 0.3) is 10.2 Å². The molecule has 1 saturated heterocycles. The van der Waals surface area contributed by atoms with Crippen molar-refractivity contribution >= 4 is 43.2 Å². The Kier molecular flexibility index (Phi) is 2.86. The summed E-state index contributed by atoms with van der Waals surface area (Å²) in [5, 5.41) is 3.42. The molecule has 3 heterocycles. The van der Waals surface area contributed by atoms with Gasteiger partial charge >= 0.3 is 0 Å². The van der Waals surface area contributed by atoms with Crippen LogP contribution >= 0.6 is 27.3 Å².